The summed E-state index contributed by atoms with van der Waals surface area (Å²) < 4.78 is 40.9. The van der Waals surface area contributed by atoms with Crippen LogP contribution < -0.4 is 16.0 Å². The van der Waals surface area contributed by atoms with Crippen molar-refractivity contribution in [2.24, 2.45) is 11.7 Å². The smallest absolute Gasteiger partial charge is 0.368 e. The molecular formula is C27H33Cl2F3N4O2. The number of hydrogen-bond acceptors (Lipinski definition) is 4. The molecule has 2 aromatic rings. The monoisotopic (exact) mass is 572 g/mol. The summed E-state index contributed by atoms with van der Waals surface area (Å²) in [6.45, 7) is 5.29. The quantitative estimate of drug-likeness (QED) is 0.418. The van der Waals surface area contributed by atoms with Gasteiger partial charge in [0.1, 0.15) is 0 Å². The second-order valence-electron chi connectivity index (χ2n) is 9.51. The number of nitrogens with one attached hydrogen (secondary N) is 1. The SMILES string of the molecule is CCC(C)[C@H](NC(=O)CN)c1cc(C(F)(F)F)ccc1N1CCN(C(=O)CCc2ccc(Cl)cc2Cl)CC1. The van der Waals surface area contributed by atoms with Crippen molar-refractivity contribution >= 4 is 40.7 Å². The van der Waals surface area contributed by atoms with E-state index in [9.17, 15) is 22.8 Å². The van der Waals surface area contributed by atoms with Crippen molar-refractivity contribution in [3.05, 3.63) is 63.1 Å². The van der Waals surface area contributed by atoms with Gasteiger partial charge in [-0.2, -0.15) is 13.2 Å². The fraction of sp³-hybridized carbons (Fsp3) is 0.481. The molecule has 0 radical (unpaired) electrons. The molecule has 1 fully saturated rings. The van der Waals surface area contributed by atoms with Crippen LogP contribution in [0.4, 0.5) is 18.9 Å². The number of piperazine rings is 1. The number of carbonyl (C=O) groups is 2. The number of amides is 2. The molecule has 2 atom stereocenters. The summed E-state index contributed by atoms with van der Waals surface area (Å²) in [5.74, 6) is -0.582. The van der Waals surface area contributed by atoms with E-state index in [2.05, 4.69) is 5.32 Å². The summed E-state index contributed by atoms with van der Waals surface area (Å²) in [4.78, 5) is 28.8. The fourth-order valence-electron chi connectivity index (χ4n) is 4.58. The molecule has 0 spiro atoms. The standard InChI is InChI=1S/C27H33Cl2F3N4O2/c1-3-17(2)26(34-24(37)16-33)21-14-19(27(30,31)32)6-8-23(21)35-10-12-36(13-11-35)25(38)9-5-18-4-7-20(28)15-22(18)29/h4,6-8,14-15,17,26H,3,5,9-13,16,33H2,1-2H3,(H,34,37)/t17?,26-/m0/s1. The van der Waals surface area contributed by atoms with E-state index in [1.807, 2.05) is 18.7 Å². The van der Waals surface area contributed by atoms with E-state index in [4.69, 9.17) is 28.9 Å². The molecule has 0 bridgehead atoms. The third-order valence-corrected chi connectivity index (χ3v) is 7.59. The number of nitrogens with two attached hydrogens (primary N) is 1. The molecule has 1 saturated heterocycles. The van der Waals surface area contributed by atoms with E-state index in [1.54, 1.807) is 23.1 Å². The Morgan fingerprint density at radius 3 is 2.34 bits per heavy atom. The second kappa shape index (κ2) is 13.0. The Morgan fingerprint density at radius 2 is 1.76 bits per heavy atom. The Labute approximate surface area is 231 Å². The van der Waals surface area contributed by atoms with Crippen molar-refractivity contribution in [3.63, 3.8) is 0 Å². The van der Waals surface area contributed by atoms with Gasteiger partial charge < -0.3 is 20.9 Å². The molecule has 1 unspecified atom stereocenters. The molecule has 3 rings (SSSR count). The van der Waals surface area contributed by atoms with Crippen LogP contribution >= 0.6 is 23.2 Å². The highest BCUT2D eigenvalue weighted by Gasteiger charge is 2.34. The van der Waals surface area contributed by atoms with Crippen LogP contribution in [-0.4, -0.2) is 49.4 Å². The van der Waals surface area contributed by atoms with Crippen molar-refractivity contribution in [1.29, 1.82) is 0 Å². The first-order valence-electron chi connectivity index (χ1n) is 12.6. The third kappa shape index (κ3) is 7.55. The highest BCUT2D eigenvalue weighted by molar-refractivity contribution is 6.35. The summed E-state index contributed by atoms with van der Waals surface area (Å²) in [5, 5.41) is 3.86. The zero-order valence-electron chi connectivity index (χ0n) is 21.5. The first kappa shape index (κ1) is 30.1. The lowest BCUT2D eigenvalue weighted by atomic mass is 9.89. The molecule has 208 valence electrons. The number of rotatable bonds is 9. The Morgan fingerprint density at radius 1 is 1.08 bits per heavy atom. The van der Waals surface area contributed by atoms with Crippen molar-refractivity contribution < 1.29 is 22.8 Å². The van der Waals surface area contributed by atoms with Crippen LogP contribution in [0.5, 0.6) is 0 Å². The van der Waals surface area contributed by atoms with E-state index in [1.165, 1.54) is 6.07 Å². The third-order valence-electron chi connectivity index (χ3n) is 7.00. The Balaban J connectivity index is 1.77. The molecular weight excluding hydrogens is 540 g/mol. The van der Waals surface area contributed by atoms with Crippen LogP contribution in [0.3, 0.4) is 0 Å². The minimum Gasteiger partial charge on any atom is -0.368 e. The van der Waals surface area contributed by atoms with Crippen molar-refractivity contribution in [3.8, 4) is 0 Å². The topological polar surface area (TPSA) is 78.7 Å². The molecule has 0 aliphatic carbocycles. The van der Waals surface area contributed by atoms with Gasteiger partial charge in [-0.25, -0.2) is 0 Å². The molecule has 1 aliphatic heterocycles. The van der Waals surface area contributed by atoms with Crippen LogP contribution in [0.15, 0.2) is 36.4 Å². The van der Waals surface area contributed by atoms with Crippen LogP contribution in [-0.2, 0) is 22.2 Å². The summed E-state index contributed by atoms with van der Waals surface area (Å²) in [7, 11) is 0. The number of halogens is 5. The van der Waals surface area contributed by atoms with Crippen LogP contribution in [0.25, 0.3) is 0 Å². The maximum absolute atomic E-state index is 13.6. The van der Waals surface area contributed by atoms with E-state index in [-0.39, 0.29) is 24.8 Å². The van der Waals surface area contributed by atoms with Crippen LogP contribution in [0, 0.1) is 5.92 Å². The largest absolute Gasteiger partial charge is 0.416 e. The molecule has 1 aliphatic rings. The van der Waals surface area contributed by atoms with Gasteiger partial charge in [0.25, 0.3) is 0 Å². The van der Waals surface area contributed by atoms with Crippen LogP contribution in [0.2, 0.25) is 10.0 Å². The molecule has 11 heteroatoms. The van der Waals surface area contributed by atoms with Gasteiger partial charge in [-0.1, -0.05) is 49.5 Å². The first-order valence-corrected chi connectivity index (χ1v) is 13.4. The molecule has 38 heavy (non-hydrogen) atoms. The number of carbonyl (C=O) groups excluding carboxylic acids is 2. The number of anilines is 1. The van der Waals surface area contributed by atoms with Crippen molar-refractivity contribution in [2.75, 3.05) is 37.6 Å². The molecule has 1 heterocycles. The number of benzene rings is 2. The van der Waals surface area contributed by atoms with Gasteiger partial charge in [0, 0.05) is 48.3 Å². The highest BCUT2D eigenvalue weighted by atomic mass is 35.5. The lowest BCUT2D eigenvalue weighted by molar-refractivity contribution is -0.137. The van der Waals surface area contributed by atoms with Crippen molar-refractivity contribution in [2.45, 2.75) is 45.3 Å². The molecule has 0 aromatic heterocycles. The molecule has 3 N–H and O–H groups in total. The predicted octanol–water partition coefficient (Wildman–Crippen LogP) is 5.46. The molecule has 2 aromatic carbocycles. The average molecular weight is 573 g/mol. The Kier molecular flexibility index (Phi) is 10.3. The van der Waals surface area contributed by atoms with Gasteiger partial charge in [0.2, 0.25) is 11.8 Å². The summed E-state index contributed by atoms with van der Waals surface area (Å²) in [6.07, 6.45) is -3.11. The van der Waals surface area contributed by atoms with Gasteiger partial charge >= 0.3 is 6.18 Å². The minimum absolute atomic E-state index is 0.0176. The van der Waals surface area contributed by atoms with Crippen LogP contribution in [0.1, 0.15) is 49.4 Å². The zero-order valence-corrected chi connectivity index (χ0v) is 23.0. The number of aryl methyl sites for hydroxylation is 1. The lowest BCUT2D eigenvalue weighted by Gasteiger charge is -2.39. The van der Waals surface area contributed by atoms with E-state index >= 15 is 0 Å². The minimum atomic E-state index is -4.52. The maximum atomic E-state index is 13.6. The van der Waals surface area contributed by atoms with E-state index in [0.29, 0.717) is 60.3 Å². The first-order chi connectivity index (χ1) is 17.9. The van der Waals surface area contributed by atoms with Gasteiger partial charge in [-0.3, -0.25) is 9.59 Å². The van der Waals surface area contributed by atoms with Gasteiger partial charge in [0.05, 0.1) is 18.2 Å². The van der Waals surface area contributed by atoms with E-state index < -0.39 is 23.7 Å². The van der Waals surface area contributed by atoms with Gasteiger partial charge in [-0.15, -0.1) is 0 Å². The Hall–Kier alpha value is -2.49. The highest BCUT2D eigenvalue weighted by Crippen LogP contribution is 2.38. The number of hydrogen-bond donors (Lipinski definition) is 2. The lowest BCUT2D eigenvalue weighted by Crippen LogP contribution is -2.49. The zero-order chi connectivity index (χ0) is 28.0. The summed E-state index contributed by atoms with van der Waals surface area (Å²) in [5.41, 5.74) is 6.56. The van der Waals surface area contributed by atoms with Gasteiger partial charge in [0.15, 0.2) is 0 Å². The molecule has 2 amide bonds. The average Bonchev–Trinajstić information content (AvgIpc) is 2.89. The fourth-order valence-corrected chi connectivity index (χ4v) is 5.09. The molecule has 6 nitrogen and oxygen atoms in total. The number of alkyl halides is 3. The number of nitrogens with zero attached hydrogens (tertiary/aromatic N) is 2. The summed E-state index contributed by atoms with van der Waals surface area (Å²) >= 11 is 12.2. The normalized spacial score (nSPS) is 15.8. The maximum Gasteiger partial charge on any atom is 0.416 e. The Bertz CT molecular complexity index is 1140. The molecule has 0 saturated carbocycles. The second-order valence-corrected chi connectivity index (χ2v) is 10.4. The van der Waals surface area contributed by atoms with Crippen molar-refractivity contribution in [1.82, 2.24) is 10.2 Å². The predicted molar refractivity (Wildman–Crippen MR) is 144 cm³/mol. The summed E-state index contributed by atoms with van der Waals surface area (Å²) in [6, 6.07) is 8.18. The van der Waals surface area contributed by atoms with E-state index in [0.717, 1.165) is 17.7 Å². The van der Waals surface area contributed by atoms with Gasteiger partial charge in [-0.05, 0) is 53.8 Å².